The minimum absolute atomic E-state index is 0.302. The number of hydrogen-bond donors (Lipinski definition) is 1. The van der Waals surface area contributed by atoms with E-state index in [2.05, 4.69) is 26.1 Å². The van der Waals surface area contributed by atoms with E-state index in [9.17, 15) is 0 Å². The van der Waals surface area contributed by atoms with Crippen molar-refractivity contribution in [2.75, 3.05) is 6.61 Å². The van der Waals surface area contributed by atoms with Crippen molar-refractivity contribution in [3.05, 3.63) is 22.4 Å². The van der Waals surface area contributed by atoms with Crippen LogP contribution in [0.4, 0.5) is 0 Å². The molecule has 0 unspecified atom stereocenters. The quantitative estimate of drug-likeness (QED) is 0.540. The minimum Gasteiger partial charge on any atom is -0.485 e. The molecule has 1 aromatic heterocycles. The number of hydrogen-bond acceptors (Lipinski definition) is 4. The molecule has 1 aliphatic heterocycles. The lowest BCUT2D eigenvalue weighted by atomic mass is 10.2. The lowest BCUT2D eigenvalue weighted by molar-refractivity contribution is 0.313. The summed E-state index contributed by atoms with van der Waals surface area (Å²) in [5.41, 5.74) is 1.26. The number of fused-ring (bicyclic) bond motifs is 1. The van der Waals surface area contributed by atoms with Gasteiger partial charge in [-0.05, 0) is 15.9 Å². The fraction of sp³-hybridized carbons (Fsp3) is 0.143. The molecule has 0 saturated heterocycles. The summed E-state index contributed by atoms with van der Waals surface area (Å²) < 4.78 is 6.03. The number of oxime groups is 1. The molecule has 62 valence electrons. The first-order valence-corrected chi connectivity index (χ1v) is 4.10. The lowest BCUT2D eigenvalue weighted by Gasteiger charge is -1.97. The van der Waals surface area contributed by atoms with E-state index in [1.54, 1.807) is 12.4 Å². The number of aromatic nitrogens is 1. The molecular formula is C7H5BrN2O2. The van der Waals surface area contributed by atoms with Gasteiger partial charge >= 0.3 is 0 Å². The van der Waals surface area contributed by atoms with Crippen LogP contribution < -0.4 is 4.74 Å². The molecule has 0 aromatic carbocycles. The zero-order valence-corrected chi connectivity index (χ0v) is 7.58. The van der Waals surface area contributed by atoms with Gasteiger partial charge in [-0.3, -0.25) is 4.98 Å². The first-order valence-electron chi connectivity index (χ1n) is 3.30. The van der Waals surface area contributed by atoms with Gasteiger partial charge in [0.2, 0.25) is 0 Å². The molecule has 1 aliphatic rings. The van der Waals surface area contributed by atoms with Gasteiger partial charge < -0.3 is 9.94 Å². The van der Waals surface area contributed by atoms with Crippen molar-refractivity contribution in [2.24, 2.45) is 5.16 Å². The summed E-state index contributed by atoms with van der Waals surface area (Å²) in [4.78, 5) is 3.94. The van der Waals surface area contributed by atoms with Gasteiger partial charge in [-0.25, -0.2) is 0 Å². The molecule has 0 amide bonds. The first kappa shape index (κ1) is 7.54. The number of pyridine rings is 1. The third kappa shape index (κ3) is 0.972. The largest absolute Gasteiger partial charge is 0.485 e. The van der Waals surface area contributed by atoms with Crippen LogP contribution in [-0.2, 0) is 0 Å². The summed E-state index contributed by atoms with van der Waals surface area (Å²) in [6.07, 6.45) is 3.25. The van der Waals surface area contributed by atoms with E-state index in [0.717, 1.165) is 10.0 Å². The molecule has 12 heavy (non-hydrogen) atoms. The van der Waals surface area contributed by atoms with Crippen molar-refractivity contribution >= 4 is 21.6 Å². The van der Waals surface area contributed by atoms with E-state index in [-0.39, 0.29) is 0 Å². The van der Waals surface area contributed by atoms with Crippen LogP contribution in [0, 0.1) is 0 Å². The Morgan fingerprint density at radius 1 is 1.58 bits per heavy atom. The van der Waals surface area contributed by atoms with Crippen LogP contribution in [-0.4, -0.2) is 22.5 Å². The van der Waals surface area contributed by atoms with Gasteiger partial charge in [-0.2, -0.15) is 0 Å². The zero-order valence-electron chi connectivity index (χ0n) is 5.99. The highest BCUT2D eigenvalue weighted by Gasteiger charge is 2.22. The average molecular weight is 229 g/mol. The average Bonchev–Trinajstić information content (AvgIpc) is 2.49. The topological polar surface area (TPSA) is 54.7 Å². The standard InChI is InChI=1S/C7H5BrN2O2/c8-5-2-9-1-4-6(10-11)3-12-7(4)5/h1-2,11H,3H2. The molecule has 0 aliphatic carbocycles. The molecule has 0 fully saturated rings. The van der Waals surface area contributed by atoms with Gasteiger partial charge in [0.05, 0.1) is 10.0 Å². The van der Waals surface area contributed by atoms with Gasteiger partial charge in [0.25, 0.3) is 0 Å². The Kier molecular flexibility index (Phi) is 1.73. The molecule has 4 nitrogen and oxygen atoms in total. The Balaban J connectivity index is 2.61. The fourth-order valence-electron chi connectivity index (χ4n) is 1.08. The molecule has 2 rings (SSSR count). The number of ether oxygens (including phenoxy) is 1. The molecule has 0 atom stereocenters. The first-order chi connectivity index (χ1) is 5.83. The van der Waals surface area contributed by atoms with E-state index in [1.165, 1.54) is 0 Å². The Morgan fingerprint density at radius 3 is 3.17 bits per heavy atom. The molecule has 0 radical (unpaired) electrons. The van der Waals surface area contributed by atoms with Crippen molar-refractivity contribution < 1.29 is 9.94 Å². The molecule has 0 bridgehead atoms. The smallest absolute Gasteiger partial charge is 0.146 e. The predicted octanol–water partition coefficient (Wildman–Crippen LogP) is 1.41. The molecule has 0 saturated carbocycles. The van der Waals surface area contributed by atoms with Crippen LogP contribution in [0.25, 0.3) is 0 Å². The van der Waals surface area contributed by atoms with Crippen molar-refractivity contribution in [1.82, 2.24) is 4.98 Å². The second-order valence-electron chi connectivity index (χ2n) is 2.33. The van der Waals surface area contributed by atoms with Gasteiger partial charge in [0.15, 0.2) is 0 Å². The Labute approximate surface area is 77.0 Å². The maximum atomic E-state index is 8.57. The third-order valence-corrected chi connectivity index (χ3v) is 2.20. The van der Waals surface area contributed by atoms with Crippen LogP contribution in [0.3, 0.4) is 0 Å². The van der Waals surface area contributed by atoms with Gasteiger partial charge in [0.1, 0.15) is 18.1 Å². The SMILES string of the molecule is ON=C1COc2c(Br)cncc21. The van der Waals surface area contributed by atoms with Gasteiger partial charge in [-0.15, -0.1) is 0 Å². The summed E-state index contributed by atoms with van der Waals surface area (Å²) in [6, 6.07) is 0. The second-order valence-corrected chi connectivity index (χ2v) is 3.19. The second kappa shape index (κ2) is 2.75. The van der Waals surface area contributed by atoms with Crippen LogP contribution in [0.15, 0.2) is 22.0 Å². The van der Waals surface area contributed by atoms with Crippen molar-refractivity contribution in [3.63, 3.8) is 0 Å². The van der Waals surface area contributed by atoms with E-state index in [4.69, 9.17) is 9.94 Å². The van der Waals surface area contributed by atoms with Crippen LogP contribution >= 0.6 is 15.9 Å². The van der Waals surface area contributed by atoms with Crippen molar-refractivity contribution in [2.45, 2.75) is 0 Å². The number of nitrogens with zero attached hydrogens (tertiary/aromatic N) is 2. The maximum absolute atomic E-state index is 8.57. The van der Waals surface area contributed by atoms with Crippen molar-refractivity contribution in [3.8, 4) is 5.75 Å². The summed E-state index contributed by atoms with van der Waals surface area (Å²) in [7, 11) is 0. The van der Waals surface area contributed by atoms with E-state index >= 15 is 0 Å². The van der Waals surface area contributed by atoms with E-state index in [1.807, 2.05) is 0 Å². The van der Waals surface area contributed by atoms with E-state index in [0.29, 0.717) is 18.1 Å². The minimum atomic E-state index is 0.302. The predicted molar refractivity (Wildman–Crippen MR) is 45.8 cm³/mol. The highest BCUT2D eigenvalue weighted by molar-refractivity contribution is 9.10. The van der Waals surface area contributed by atoms with Gasteiger partial charge in [0, 0.05) is 12.4 Å². The molecule has 5 heteroatoms. The third-order valence-electron chi connectivity index (χ3n) is 1.64. The zero-order chi connectivity index (χ0) is 8.55. The Hall–Kier alpha value is -1.10. The van der Waals surface area contributed by atoms with Crippen molar-refractivity contribution in [1.29, 1.82) is 0 Å². The van der Waals surface area contributed by atoms with Crippen LogP contribution in [0.5, 0.6) is 5.75 Å². The summed E-state index contributed by atoms with van der Waals surface area (Å²) in [5, 5.41) is 11.7. The summed E-state index contributed by atoms with van der Waals surface area (Å²) in [5.74, 6) is 0.692. The maximum Gasteiger partial charge on any atom is 0.146 e. The summed E-state index contributed by atoms with van der Waals surface area (Å²) in [6.45, 7) is 0.302. The summed E-state index contributed by atoms with van der Waals surface area (Å²) >= 11 is 3.28. The number of rotatable bonds is 0. The molecular weight excluding hydrogens is 224 g/mol. The monoisotopic (exact) mass is 228 g/mol. The van der Waals surface area contributed by atoms with Crippen LogP contribution in [0.2, 0.25) is 0 Å². The number of halogens is 1. The molecule has 1 aromatic rings. The molecule has 1 N–H and O–H groups in total. The van der Waals surface area contributed by atoms with Gasteiger partial charge in [-0.1, -0.05) is 5.16 Å². The highest BCUT2D eigenvalue weighted by atomic mass is 79.9. The normalized spacial score (nSPS) is 17.6. The van der Waals surface area contributed by atoms with Crippen LogP contribution in [0.1, 0.15) is 5.56 Å². The fourth-order valence-corrected chi connectivity index (χ4v) is 1.52. The highest BCUT2D eigenvalue weighted by Crippen LogP contribution is 2.32. The lowest BCUT2D eigenvalue weighted by Crippen LogP contribution is -2.01. The molecule has 0 spiro atoms. The Morgan fingerprint density at radius 2 is 2.42 bits per heavy atom. The van der Waals surface area contributed by atoms with E-state index < -0.39 is 0 Å². The molecule has 2 heterocycles. The Bertz CT molecular complexity index is 351.